The first-order valence-electron chi connectivity index (χ1n) is 8.44. The molecule has 2 fully saturated rings. The van der Waals surface area contributed by atoms with Crippen LogP contribution in [0.2, 0.25) is 0 Å². The third-order valence-electron chi connectivity index (χ3n) is 5.35. The molecule has 0 unspecified atom stereocenters. The molecule has 1 N–H and O–H groups in total. The van der Waals surface area contributed by atoms with Crippen LogP contribution in [0.15, 0.2) is 18.2 Å². The minimum atomic E-state index is -0.312. The van der Waals surface area contributed by atoms with E-state index >= 15 is 0 Å². The van der Waals surface area contributed by atoms with Crippen LogP contribution >= 0.6 is 0 Å². The molecule has 1 saturated carbocycles. The Morgan fingerprint density at radius 1 is 1.35 bits per heavy atom. The molecule has 2 atom stereocenters. The van der Waals surface area contributed by atoms with E-state index in [-0.39, 0.29) is 17.0 Å². The van der Waals surface area contributed by atoms with Crippen molar-refractivity contribution in [2.24, 2.45) is 5.41 Å². The Labute approximate surface area is 137 Å². The van der Waals surface area contributed by atoms with Crippen molar-refractivity contribution in [2.75, 3.05) is 26.9 Å². The van der Waals surface area contributed by atoms with Crippen molar-refractivity contribution in [2.45, 2.75) is 44.9 Å². The van der Waals surface area contributed by atoms with E-state index < -0.39 is 0 Å². The number of ether oxygens (including phenoxy) is 3. The van der Waals surface area contributed by atoms with E-state index in [1.807, 2.05) is 13.0 Å². The van der Waals surface area contributed by atoms with E-state index in [2.05, 4.69) is 5.32 Å². The SMILES string of the molecule is CCO[C@@H]1C[C@H](NCc2ccc(OC)c(F)c2)C12CCOCC2. The third kappa shape index (κ3) is 3.23. The van der Waals surface area contributed by atoms with Crippen molar-refractivity contribution in [3.8, 4) is 5.75 Å². The largest absolute Gasteiger partial charge is 0.494 e. The van der Waals surface area contributed by atoms with Gasteiger partial charge in [0, 0.05) is 37.8 Å². The van der Waals surface area contributed by atoms with Gasteiger partial charge >= 0.3 is 0 Å². The van der Waals surface area contributed by atoms with Gasteiger partial charge in [-0.3, -0.25) is 0 Å². The number of hydrogen-bond donors (Lipinski definition) is 1. The molecule has 2 aliphatic rings. The van der Waals surface area contributed by atoms with Crippen molar-refractivity contribution in [1.29, 1.82) is 0 Å². The van der Waals surface area contributed by atoms with Crippen LogP contribution in [0.25, 0.3) is 0 Å². The zero-order valence-electron chi connectivity index (χ0n) is 13.9. The fraction of sp³-hybridized carbons (Fsp3) is 0.667. The summed E-state index contributed by atoms with van der Waals surface area (Å²) in [7, 11) is 1.48. The highest BCUT2D eigenvalue weighted by Crippen LogP contribution is 2.50. The highest BCUT2D eigenvalue weighted by atomic mass is 19.1. The maximum Gasteiger partial charge on any atom is 0.165 e. The molecule has 1 aromatic carbocycles. The predicted octanol–water partition coefficient (Wildman–Crippen LogP) is 2.90. The first-order chi connectivity index (χ1) is 11.2. The highest BCUT2D eigenvalue weighted by Gasteiger charge is 2.55. The van der Waals surface area contributed by atoms with Crippen molar-refractivity contribution in [1.82, 2.24) is 5.32 Å². The van der Waals surface area contributed by atoms with Gasteiger partial charge < -0.3 is 19.5 Å². The van der Waals surface area contributed by atoms with Crippen molar-refractivity contribution >= 4 is 0 Å². The minimum Gasteiger partial charge on any atom is -0.494 e. The Morgan fingerprint density at radius 3 is 2.78 bits per heavy atom. The molecule has 0 radical (unpaired) electrons. The van der Waals surface area contributed by atoms with E-state index in [1.54, 1.807) is 12.1 Å². The summed E-state index contributed by atoms with van der Waals surface area (Å²) in [5.41, 5.74) is 1.12. The van der Waals surface area contributed by atoms with E-state index in [1.165, 1.54) is 7.11 Å². The van der Waals surface area contributed by atoms with E-state index in [4.69, 9.17) is 14.2 Å². The molecule has 3 rings (SSSR count). The summed E-state index contributed by atoms with van der Waals surface area (Å²) >= 11 is 0. The molecule has 1 aliphatic heterocycles. The summed E-state index contributed by atoms with van der Waals surface area (Å²) in [5, 5.41) is 3.61. The molecule has 0 aromatic heterocycles. The van der Waals surface area contributed by atoms with E-state index in [0.29, 0.717) is 18.7 Å². The molecule has 1 saturated heterocycles. The maximum atomic E-state index is 13.8. The van der Waals surface area contributed by atoms with Crippen LogP contribution in [0.3, 0.4) is 0 Å². The van der Waals surface area contributed by atoms with Crippen molar-refractivity contribution in [3.05, 3.63) is 29.6 Å². The molecule has 1 aromatic rings. The van der Waals surface area contributed by atoms with Gasteiger partial charge in [-0.05, 0) is 43.9 Å². The molecule has 1 aliphatic carbocycles. The lowest BCUT2D eigenvalue weighted by molar-refractivity contribution is -0.173. The Morgan fingerprint density at radius 2 is 2.13 bits per heavy atom. The molecular formula is C18H26FNO3. The van der Waals surface area contributed by atoms with Crippen LogP contribution in [0.5, 0.6) is 5.75 Å². The van der Waals surface area contributed by atoms with E-state index in [0.717, 1.165) is 44.6 Å². The van der Waals surface area contributed by atoms with Crippen LogP contribution in [-0.4, -0.2) is 39.1 Å². The molecule has 4 nitrogen and oxygen atoms in total. The molecule has 1 spiro atoms. The number of benzene rings is 1. The van der Waals surface area contributed by atoms with Gasteiger partial charge in [0.05, 0.1) is 13.2 Å². The third-order valence-corrected chi connectivity index (χ3v) is 5.35. The lowest BCUT2D eigenvalue weighted by Crippen LogP contribution is -2.65. The summed E-state index contributed by atoms with van der Waals surface area (Å²) in [5.74, 6) is -0.0249. The summed E-state index contributed by atoms with van der Waals surface area (Å²) in [4.78, 5) is 0. The van der Waals surface area contributed by atoms with Crippen molar-refractivity contribution in [3.63, 3.8) is 0 Å². The lowest BCUT2D eigenvalue weighted by atomic mass is 9.57. The van der Waals surface area contributed by atoms with Gasteiger partial charge in [0.25, 0.3) is 0 Å². The molecule has 5 heteroatoms. The van der Waals surface area contributed by atoms with Gasteiger partial charge in [-0.15, -0.1) is 0 Å². The van der Waals surface area contributed by atoms with E-state index in [9.17, 15) is 4.39 Å². The molecule has 0 bridgehead atoms. The second kappa shape index (κ2) is 7.16. The average Bonchev–Trinajstić information content (AvgIpc) is 2.58. The zero-order valence-corrected chi connectivity index (χ0v) is 13.9. The smallest absolute Gasteiger partial charge is 0.165 e. The number of nitrogens with one attached hydrogen (secondary N) is 1. The molecule has 0 amide bonds. The van der Waals surface area contributed by atoms with Gasteiger partial charge in [-0.1, -0.05) is 6.07 Å². The normalized spacial score (nSPS) is 26.0. The number of halogens is 1. The van der Waals surface area contributed by atoms with Crippen molar-refractivity contribution < 1.29 is 18.6 Å². The van der Waals surface area contributed by atoms with Crippen LogP contribution in [0, 0.1) is 11.2 Å². The Bertz CT molecular complexity index is 531. The zero-order chi connectivity index (χ0) is 16.3. The maximum absolute atomic E-state index is 13.8. The quantitative estimate of drug-likeness (QED) is 0.874. The summed E-state index contributed by atoms with van der Waals surface area (Å²) in [6.45, 7) is 5.07. The summed E-state index contributed by atoms with van der Waals surface area (Å²) in [6, 6.07) is 5.54. The summed E-state index contributed by atoms with van der Waals surface area (Å²) in [6.07, 6.45) is 3.41. The Hall–Kier alpha value is -1.17. The minimum absolute atomic E-state index is 0.180. The summed E-state index contributed by atoms with van der Waals surface area (Å²) < 4.78 is 30.2. The molecular weight excluding hydrogens is 297 g/mol. The van der Waals surface area contributed by atoms with Gasteiger partial charge in [0.2, 0.25) is 0 Å². The first kappa shape index (κ1) is 16.7. The fourth-order valence-electron chi connectivity index (χ4n) is 3.95. The lowest BCUT2D eigenvalue weighted by Gasteiger charge is -2.57. The highest BCUT2D eigenvalue weighted by molar-refractivity contribution is 5.29. The Balaban J connectivity index is 1.62. The van der Waals surface area contributed by atoms with Crippen LogP contribution < -0.4 is 10.1 Å². The predicted molar refractivity (Wildman–Crippen MR) is 86.1 cm³/mol. The number of rotatable bonds is 6. The van der Waals surface area contributed by atoms with Crippen LogP contribution in [0.4, 0.5) is 4.39 Å². The Kier molecular flexibility index (Phi) is 5.19. The van der Waals surface area contributed by atoms with Gasteiger partial charge in [0.1, 0.15) is 0 Å². The molecule has 1 heterocycles. The number of hydrogen-bond acceptors (Lipinski definition) is 4. The molecule has 23 heavy (non-hydrogen) atoms. The van der Waals surface area contributed by atoms with Gasteiger partial charge in [0.15, 0.2) is 11.6 Å². The second-order valence-corrected chi connectivity index (χ2v) is 6.43. The van der Waals surface area contributed by atoms with Gasteiger partial charge in [-0.2, -0.15) is 0 Å². The number of methoxy groups -OCH3 is 1. The fourth-order valence-corrected chi connectivity index (χ4v) is 3.95. The van der Waals surface area contributed by atoms with Crippen LogP contribution in [-0.2, 0) is 16.0 Å². The van der Waals surface area contributed by atoms with Gasteiger partial charge in [-0.25, -0.2) is 4.39 Å². The standard InChI is InChI=1S/C18H26FNO3/c1-3-23-17-11-16(18(17)6-8-22-9-7-18)20-12-13-4-5-15(21-2)14(19)10-13/h4-5,10,16-17,20H,3,6-9,11-12H2,1-2H3/t16-,17+/m0/s1. The average molecular weight is 323 g/mol. The topological polar surface area (TPSA) is 39.7 Å². The van der Waals surface area contributed by atoms with Crippen LogP contribution in [0.1, 0.15) is 31.7 Å². The molecule has 128 valence electrons. The first-order valence-corrected chi connectivity index (χ1v) is 8.44. The second-order valence-electron chi connectivity index (χ2n) is 6.43. The monoisotopic (exact) mass is 323 g/mol.